The van der Waals surface area contributed by atoms with Crippen molar-refractivity contribution in [2.45, 2.75) is 19.3 Å². The van der Waals surface area contributed by atoms with Gasteiger partial charge in [-0.1, -0.05) is 141 Å². The molecule has 244 valence electrons. The lowest BCUT2D eigenvalue weighted by atomic mass is 9.82. The van der Waals surface area contributed by atoms with Crippen LogP contribution in [0.4, 0.5) is 34.1 Å². The van der Waals surface area contributed by atoms with Crippen molar-refractivity contribution in [1.82, 2.24) is 0 Å². The normalized spacial score (nSPS) is 12.7. The van der Waals surface area contributed by atoms with Gasteiger partial charge in [0.2, 0.25) is 0 Å². The maximum absolute atomic E-state index is 2.42. The lowest BCUT2D eigenvalue weighted by Crippen LogP contribution is -2.16. The average Bonchev–Trinajstić information content (AvgIpc) is 3.42. The summed E-state index contributed by atoms with van der Waals surface area (Å²) in [7, 11) is 0. The molecule has 8 aromatic carbocycles. The number of rotatable bonds is 7. The highest BCUT2D eigenvalue weighted by molar-refractivity contribution is 5.99. The van der Waals surface area contributed by atoms with E-state index >= 15 is 0 Å². The van der Waals surface area contributed by atoms with Crippen LogP contribution in [-0.2, 0) is 5.41 Å². The van der Waals surface area contributed by atoms with Crippen LogP contribution in [0.2, 0.25) is 0 Å². The lowest BCUT2D eigenvalue weighted by molar-refractivity contribution is 0.660. The van der Waals surface area contributed by atoms with E-state index in [0.29, 0.717) is 0 Å². The van der Waals surface area contributed by atoms with E-state index in [2.05, 4.69) is 218 Å². The summed E-state index contributed by atoms with van der Waals surface area (Å²) in [5, 5.41) is 2.45. The van der Waals surface area contributed by atoms with Gasteiger partial charge in [0.15, 0.2) is 0 Å². The molecule has 9 rings (SSSR count). The van der Waals surface area contributed by atoms with Gasteiger partial charge in [0.05, 0.1) is 5.69 Å². The Bertz CT molecular complexity index is 2440. The van der Waals surface area contributed by atoms with Crippen LogP contribution >= 0.6 is 0 Å². The molecule has 0 heterocycles. The molecular formula is C49H38N2. The first-order chi connectivity index (χ1) is 25.1. The van der Waals surface area contributed by atoms with E-state index in [-0.39, 0.29) is 5.41 Å². The molecule has 1 aliphatic carbocycles. The first-order valence-electron chi connectivity index (χ1n) is 17.7. The Morgan fingerprint density at radius 3 is 1.51 bits per heavy atom. The van der Waals surface area contributed by atoms with Crippen molar-refractivity contribution in [2.75, 3.05) is 9.80 Å². The molecule has 0 amide bonds. The fourth-order valence-corrected chi connectivity index (χ4v) is 7.87. The molecular weight excluding hydrogens is 617 g/mol. The second-order valence-corrected chi connectivity index (χ2v) is 13.8. The Hall–Kier alpha value is -6.38. The molecule has 0 radical (unpaired) electrons. The van der Waals surface area contributed by atoms with E-state index < -0.39 is 0 Å². The van der Waals surface area contributed by atoms with Gasteiger partial charge in [0, 0.05) is 39.2 Å². The number of hydrogen-bond donors (Lipinski definition) is 0. The highest BCUT2D eigenvalue weighted by Gasteiger charge is 2.35. The van der Waals surface area contributed by atoms with Crippen LogP contribution in [0.25, 0.3) is 33.0 Å². The predicted molar refractivity (Wildman–Crippen MR) is 216 cm³/mol. The van der Waals surface area contributed by atoms with Crippen molar-refractivity contribution >= 4 is 44.9 Å². The van der Waals surface area contributed by atoms with Crippen molar-refractivity contribution in [3.63, 3.8) is 0 Å². The second-order valence-electron chi connectivity index (χ2n) is 13.8. The molecule has 0 spiro atoms. The van der Waals surface area contributed by atoms with Crippen LogP contribution in [0.3, 0.4) is 0 Å². The van der Waals surface area contributed by atoms with E-state index in [9.17, 15) is 0 Å². The number of benzene rings is 8. The molecule has 0 saturated carbocycles. The molecule has 1 aliphatic rings. The third-order valence-electron chi connectivity index (χ3n) is 10.4. The topological polar surface area (TPSA) is 6.48 Å². The van der Waals surface area contributed by atoms with Gasteiger partial charge in [0.25, 0.3) is 0 Å². The maximum Gasteiger partial charge on any atom is 0.0540 e. The van der Waals surface area contributed by atoms with Crippen molar-refractivity contribution in [1.29, 1.82) is 0 Å². The predicted octanol–water partition coefficient (Wildman–Crippen LogP) is 13.8. The van der Waals surface area contributed by atoms with Crippen LogP contribution in [0.5, 0.6) is 0 Å². The third kappa shape index (κ3) is 5.37. The van der Waals surface area contributed by atoms with Crippen LogP contribution in [0.15, 0.2) is 194 Å². The first-order valence-corrected chi connectivity index (χ1v) is 17.7. The van der Waals surface area contributed by atoms with Gasteiger partial charge in [-0.05, 0) is 105 Å². The molecule has 51 heavy (non-hydrogen) atoms. The Labute approximate surface area is 300 Å². The van der Waals surface area contributed by atoms with Crippen LogP contribution in [-0.4, -0.2) is 0 Å². The lowest BCUT2D eigenvalue weighted by Gasteiger charge is -2.29. The molecule has 0 bridgehead atoms. The summed E-state index contributed by atoms with van der Waals surface area (Å²) in [6, 6.07) is 70.2. The Kier molecular flexibility index (Phi) is 7.51. The average molecular weight is 655 g/mol. The zero-order chi connectivity index (χ0) is 34.4. The summed E-state index contributed by atoms with van der Waals surface area (Å²) >= 11 is 0. The molecule has 8 aromatic rings. The zero-order valence-corrected chi connectivity index (χ0v) is 28.9. The van der Waals surface area contributed by atoms with Crippen molar-refractivity contribution in [3.8, 4) is 22.3 Å². The summed E-state index contributed by atoms with van der Waals surface area (Å²) in [4.78, 5) is 4.72. The van der Waals surface area contributed by atoms with Crippen molar-refractivity contribution < 1.29 is 0 Å². The van der Waals surface area contributed by atoms with Gasteiger partial charge < -0.3 is 9.80 Å². The zero-order valence-electron chi connectivity index (χ0n) is 28.9. The number of anilines is 6. The molecule has 0 atom stereocenters. The van der Waals surface area contributed by atoms with Gasteiger partial charge in [-0.25, -0.2) is 0 Å². The highest BCUT2D eigenvalue weighted by Crippen LogP contribution is 2.51. The van der Waals surface area contributed by atoms with Gasteiger partial charge in [-0.3, -0.25) is 0 Å². The Morgan fingerprint density at radius 1 is 0.353 bits per heavy atom. The summed E-state index contributed by atoms with van der Waals surface area (Å²) in [6.45, 7) is 4.70. The quantitative estimate of drug-likeness (QED) is 0.169. The third-order valence-corrected chi connectivity index (χ3v) is 10.4. The number of fused-ring (bicyclic) bond motifs is 4. The van der Waals surface area contributed by atoms with Gasteiger partial charge in [0.1, 0.15) is 0 Å². The molecule has 0 N–H and O–H groups in total. The minimum Gasteiger partial charge on any atom is -0.311 e. The maximum atomic E-state index is 2.42. The highest BCUT2D eigenvalue weighted by atomic mass is 15.1. The molecule has 0 saturated heterocycles. The number of nitrogens with zero attached hydrogens (tertiary/aromatic N) is 2. The Balaban J connectivity index is 1.10. The molecule has 0 fully saturated rings. The standard InChI is InChI=1S/C49H38N2/c1-49(2)46-22-12-11-21-44(46)45-33-32-42(34-47(45)49)51(48-23-13-15-37-14-9-10-20-43(37)48)41-30-26-36(27-31-41)35-24-28-40(29-25-35)50(38-16-5-3-6-17-38)39-18-7-4-8-19-39/h3-34H,1-2H3. The number of hydrogen-bond acceptors (Lipinski definition) is 2. The van der Waals surface area contributed by atoms with Gasteiger partial charge in [-0.2, -0.15) is 0 Å². The second kappa shape index (κ2) is 12.5. The van der Waals surface area contributed by atoms with Crippen LogP contribution < -0.4 is 9.80 Å². The molecule has 0 aliphatic heterocycles. The van der Waals surface area contributed by atoms with Gasteiger partial charge >= 0.3 is 0 Å². The van der Waals surface area contributed by atoms with Gasteiger partial charge in [-0.15, -0.1) is 0 Å². The minimum absolute atomic E-state index is 0.0843. The van der Waals surface area contributed by atoms with E-state index in [1.807, 2.05) is 0 Å². The Morgan fingerprint density at radius 2 is 0.843 bits per heavy atom. The fraction of sp³-hybridized carbons (Fsp3) is 0.0612. The molecule has 0 unspecified atom stereocenters. The largest absolute Gasteiger partial charge is 0.311 e. The number of para-hydroxylation sites is 2. The van der Waals surface area contributed by atoms with Crippen molar-refractivity contribution in [2.24, 2.45) is 0 Å². The molecule has 2 nitrogen and oxygen atoms in total. The smallest absolute Gasteiger partial charge is 0.0540 e. The SMILES string of the molecule is CC1(C)c2ccccc2-c2ccc(N(c3ccc(-c4ccc(N(c5ccccc5)c5ccccc5)cc4)cc3)c3cccc4ccccc34)cc21. The monoisotopic (exact) mass is 654 g/mol. The summed E-state index contributed by atoms with van der Waals surface area (Å²) in [5.74, 6) is 0. The first kappa shape index (κ1) is 30.7. The minimum atomic E-state index is -0.0843. The fourth-order valence-electron chi connectivity index (χ4n) is 7.87. The van der Waals surface area contributed by atoms with E-state index in [0.717, 1.165) is 28.4 Å². The van der Waals surface area contributed by atoms with E-state index in [1.54, 1.807) is 0 Å². The van der Waals surface area contributed by atoms with Crippen LogP contribution in [0.1, 0.15) is 25.0 Å². The van der Waals surface area contributed by atoms with E-state index in [1.165, 1.54) is 49.8 Å². The van der Waals surface area contributed by atoms with E-state index in [4.69, 9.17) is 0 Å². The summed E-state index contributed by atoms with van der Waals surface area (Å²) in [5.41, 5.74) is 14.5. The van der Waals surface area contributed by atoms with Crippen LogP contribution in [0, 0.1) is 0 Å². The molecule has 2 heteroatoms. The molecule has 0 aromatic heterocycles. The summed E-state index contributed by atoms with van der Waals surface area (Å²) < 4.78 is 0. The summed E-state index contributed by atoms with van der Waals surface area (Å²) in [6.07, 6.45) is 0. The van der Waals surface area contributed by atoms with Crippen molar-refractivity contribution in [3.05, 3.63) is 205 Å².